The summed E-state index contributed by atoms with van der Waals surface area (Å²) in [5.41, 5.74) is 4.21. The van der Waals surface area contributed by atoms with Gasteiger partial charge in [-0.15, -0.1) is 0 Å². The normalized spacial score (nSPS) is 12.7. The maximum absolute atomic E-state index is 3.57. The van der Waals surface area contributed by atoms with Crippen LogP contribution in [-0.2, 0) is 5.75 Å². The Hall–Kier alpha value is -0.470. The summed E-state index contributed by atoms with van der Waals surface area (Å²) in [6.45, 7) is 9.99. The largest absolute Gasteiger partial charge is 0.313 e. The number of benzene rings is 1. The molecule has 0 aliphatic heterocycles. The summed E-state index contributed by atoms with van der Waals surface area (Å²) in [5.74, 6) is 2.33. The quantitative estimate of drug-likeness (QED) is 0.703. The highest BCUT2D eigenvalue weighted by atomic mass is 32.2. The van der Waals surface area contributed by atoms with Gasteiger partial charge in [-0.05, 0) is 32.8 Å². The van der Waals surface area contributed by atoms with Crippen LogP contribution in [0.1, 0.15) is 43.4 Å². The van der Waals surface area contributed by atoms with Crippen LogP contribution >= 0.6 is 11.8 Å². The van der Waals surface area contributed by atoms with Gasteiger partial charge in [0.15, 0.2) is 0 Å². The van der Waals surface area contributed by atoms with Crippen molar-refractivity contribution in [1.29, 1.82) is 0 Å². The number of aryl methyl sites for hydroxylation is 2. The number of thioether (sulfide) groups is 1. The van der Waals surface area contributed by atoms with Crippen molar-refractivity contribution in [3.63, 3.8) is 0 Å². The minimum absolute atomic E-state index is 0.664. The van der Waals surface area contributed by atoms with Crippen molar-refractivity contribution in [2.75, 3.05) is 12.3 Å². The molecule has 18 heavy (non-hydrogen) atoms. The van der Waals surface area contributed by atoms with Gasteiger partial charge >= 0.3 is 0 Å². The van der Waals surface area contributed by atoms with Gasteiger partial charge in [0, 0.05) is 24.1 Å². The zero-order valence-electron chi connectivity index (χ0n) is 12.3. The Labute approximate surface area is 117 Å². The van der Waals surface area contributed by atoms with E-state index in [0.717, 1.165) is 12.3 Å². The third-order valence-electron chi connectivity index (χ3n) is 3.01. The second-order valence-corrected chi connectivity index (χ2v) is 6.30. The first-order valence-corrected chi connectivity index (χ1v) is 8.15. The molecule has 102 valence electrons. The molecule has 0 bridgehead atoms. The zero-order chi connectivity index (χ0) is 13.4. The highest BCUT2D eigenvalue weighted by Gasteiger charge is 1.99. The van der Waals surface area contributed by atoms with Gasteiger partial charge in [0.1, 0.15) is 0 Å². The molecule has 0 aromatic heterocycles. The molecule has 0 aliphatic rings. The van der Waals surface area contributed by atoms with Gasteiger partial charge in [-0.2, -0.15) is 11.8 Å². The van der Waals surface area contributed by atoms with Crippen LogP contribution in [0.15, 0.2) is 18.2 Å². The molecule has 0 saturated heterocycles. The van der Waals surface area contributed by atoms with Crippen molar-refractivity contribution >= 4 is 11.8 Å². The summed E-state index contributed by atoms with van der Waals surface area (Å²) in [7, 11) is 0. The molecule has 1 rings (SSSR count). The fraction of sp³-hybridized carbons (Fsp3) is 0.625. The van der Waals surface area contributed by atoms with Crippen molar-refractivity contribution in [2.45, 2.75) is 52.3 Å². The summed E-state index contributed by atoms with van der Waals surface area (Å²) < 4.78 is 0. The molecule has 0 heterocycles. The summed E-state index contributed by atoms with van der Waals surface area (Å²) in [6.07, 6.45) is 2.55. The standard InChI is InChI=1S/C16H27NS/c1-5-6-15(4)17-7-8-18-12-16-10-13(2)9-14(3)11-16/h9-11,15,17H,5-8,12H2,1-4H3. The van der Waals surface area contributed by atoms with Gasteiger partial charge in [-0.1, -0.05) is 42.7 Å². The van der Waals surface area contributed by atoms with Gasteiger partial charge in [-0.3, -0.25) is 0 Å². The van der Waals surface area contributed by atoms with E-state index in [1.54, 1.807) is 0 Å². The lowest BCUT2D eigenvalue weighted by molar-refractivity contribution is 0.526. The Bertz CT molecular complexity index is 329. The zero-order valence-corrected chi connectivity index (χ0v) is 13.1. The van der Waals surface area contributed by atoms with E-state index < -0.39 is 0 Å². The maximum Gasteiger partial charge on any atom is 0.0185 e. The van der Waals surface area contributed by atoms with E-state index in [1.165, 1.54) is 35.3 Å². The fourth-order valence-electron chi connectivity index (χ4n) is 2.25. The Kier molecular flexibility index (Phi) is 7.45. The summed E-state index contributed by atoms with van der Waals surface area (Å²) >= 11 is 2.02. The van der Waals surface area contributed by atoms with Crippen molar-refractivity contribution in [1.82, 2.24) is 5.32 Å². The average Bonchev–Trinajstić information content (AvgIpc) is 2.27. The minimum Gasteiger partial charge on any atom is -0.313 e. The Balaban J connectivity index is 2.17. The third-order valence-corrected chi connectivity index (χ3v) is 4.04. The first-order valence-electron chi connectivity index (χ1n) is 7.00. The van der Waals surface area contributed by atoms with E-state index in [0.29, 0.717) is 6.04 Å². The molecule has 1 nitrogen and oxygen atoms in total. The molecule has 0 radical (unpaired) electrons. The molecule has 1 aromatic rings. The van der Waals surface area contributed by atoms with Gasteiger partial charge in [-0.25, -0.2) is 0 Å². The topological polar surface area (TPSA) is 12.0 Å². The van der Waals surface area contributed by atoms with Crippen molar-refractivity contribution < 1.29 is 0 Å². The molecule has 0 spiro atoms. The SMILES string of the molecule is CCCC(C)NCCSCc1cc(C)cc(C)c1. The van der Waals surface area contributed by atoms with E-state index in [9.17, 15) is 0 Å². The van der Waals surface area contributed by atoms with E-state index >= 15 is 0 Å². The average molecular weight is 265 g/mol. The minimum atomic E-state index is 0.664. The van der Waals surface area contributed by atoms with Gasteiger partial charge < -0.3 is 5.32 Å². The monoisotopic (exact) mass is 265 g/mol. The molecular formula is C16H27NS. The van der Waals surface area contributed by atoms with Crippen LogP contribution in [0.3, 0.4) is 0 Å². The second-order valence-electron chi connectivity index (χ2n) is 5.19. The predicted octanol–water partition coefficient (Wildman–Crippen LogP) is 4.31. The number of hydrogen-bond donors (Lipinski definition) is 1. The Morgan fingerprint density at radius 2 is 1.83 bits per heavy atom. The number of nitrogens with one attached hydrogen (secondary N) is 1. The van der Waals surface area contributed by atoms with Crippen LogP contribution in [0.5, 0.6) is 0 Å². The van der Waals surface area contributed by atoms with E-state index in [-0.39, 0.29) is 0 Å². The molecule has 1 unspecified atom stereocenters. The molecular weight excluding hydrogens is 238 g/mol. The molecule has 0 fully saturated rings. The van der Waals surface area contributed by atoms with Gasteiger partial charge in [0.25, 0.3) is 0 Å². The van der Waals surface area contributed by atoms with Crippen LogP contribution in [0.25, 0.3) is 0 Å². The van der Waals surface area contributed by atoms with Crippen LogP contribution in [-0.4, -0.2) is 18.3 Å². The fourth-order valence-corrected chi connectivity index (χ4v) is 3.06. The third kappa shape index (κ3) is 6.46. The van der Waals surface area contributed by atoms with Gasteiger partial charge in [0.2, 0.25) is 0 Å². The van der Waals surface area contributed by atoms with Crippen molar-refractivity contribution in [2.24, 2.45) is 0 Å². The molecule has 1 atom stereocenters. The van der Waals surface area contributed by atoms with Crippen molar-refractivity contribution in [3.8, 4) is 0 Å². The smallest absolute Gasteiger partial charge is 0.0185 e. The molecule has 1 N–H and O–H groups in total. The lowest BCUT2D eigenvalue weighted by atomic mass is 10.1. The highest BCUT2D eigenvalue weighted by molar-refractivity contribution is 7.98. The number of hydrogen-bond acceptors (Lipinski definition) is 2. The van der Waals surface area contributed by atoms with E-state index in [2.05, 4.69) is 51.2 Å². The predicted molar refractivity (Wildman–Crippen MR) is 84.5 cm³/mol. The molecule has 1 aromatic carbocycles. The maximum atomic E-state index is 3.57. The second kappa shape index (κ2) is 8.60. The van der Waals surface area contributed by atoms with E-state index in [4.69, 9.17) is 0 Å². The lowest BCUT2D eigenvalue weighted by Crippen LogP contribution is -2.27. The first kappa shape index (κ1) is 15.6. The van der Waals surface area contributed by atoms with Crippen LogP contribution in [0, 0.1) is 13.8 Å². The summed E-state index contributed by atoms with van der Waals surface area (Å²) in [5, 5.41) is 3.57. The first-order chi connectivity index (χ1) is 8.61. The van der Waals surface area contributed by atoms with Gasteiger partial charge in [0.05, 0.1) is 0 Å². The van der Waals surface area contributed by atoms with Crippen LogP contribution in [0.4, 0.5) is 0 Å². The number of rotatable bonds is 8. The molecule has 0 saturated carbocycles. The summed E-state index contributed by atoms with van der Waals surface area (Å²) in [4.78, 5) is 0. The summed E-state index contributed by atoms with van der Waals surface area (Å²) in [6, 6.07) is 7.50. The highest BCUT2D eigenvalue weighted by Crippen LogP contribution is 2.15. The molecule has 0 amide bonds. The molecule has 0 aliphatic carbocycles. The lowest BCUT2D eigenvalue weighted by Gasteiger charge is -2.12. The Morgan fingerprint density at radius 3 is 2.44 bits per heavy atom. The van der Waals surface area contributed by atoms with E-state index in [1.807, 2.05) is 11.8 Å². The van der Waals surface area contributed by atoms with Crippen LogP contribution < -0.4 is 5.32 Å². The molecule has 2 heteroatoms. The van der Waals surface area contributed by atoms with Crippen LogP contribution in [0.2, 0.25) is 0 Å². The Morgan fingerprint density at radius 1 is 1.17 bits per heavy atom. The van der Waals surface area contributed by atoms with Crippen molar-refractivity contribution in [3.05, 3.63) is 34.9 Å².